The molecule has 0 saturated heterocycles. The van der Waals surface area contributed by atoms with E-state index in [9.17, 15) is 10.1 Å². The van der Waals surface area contributed by atoms with Crippen LogP contribution >= 0.6 is 0 Å². The van der Waals surface area contributed by atoms with E-state index in [0.29, 0.717) is 17.4 Å². The summed E-state index contributed by atoms with van der Waals surface area (Å²) in [5, 5.41) is 15.7. The summed E-state index contributed by atoms with van der Waals surface area (Å²) < 4.78 is 5.79. The van der Waals surface area contributed by atoms with E-state index in [1.807, 2.05) is 52.4 Å². The smallest absolute Gasteiger partial charge is 0.250 e. The SMILES string of the molecule is C=C\C=C/N=C(C)/C(=C(/C1=C(C)C(CCCC)=CCC=C1)c1ccnc(NC2=C(\OC)C=CC(N(C)CCN(C)C)C/C([N+](=O)[O-])=C\2)n1)C(C)CC. The molecular formula is C42H59N7O3. The molecule has 0 radical (unpaired) electrons. The van der Waals surface area contributed by atoms with Gasteiger partial charge in [0, 0.05) is 48.9 Å². The van der Waals surface area contributed by atoms with Crippen molar-refractivity contribution in [2.45, 2.75) is 79.2 Å². The van der Waals surface area contributed by atoms with Crippen LogP contribution in [0.5, 0.6) is 0 Å². The topological polar surface area (TPSA) is 109 Å². The molecule has 0 fully saturated rings. The molecule has 1 heterocycles. The first-order valence-electron chi connectivity index (χ1n) is 18.4. The molecule has 0 bridgehead atoms. The molecule has 0 spiro atoms. The quantitative estimate of drug-likeness (QED) is 0.0696. The van der Waals surface area contributed by atoms with Gasteiger partial charge < -0.3 is 15.0 Å². The predicted molar refractivity (Wildman–Crippen MR) is 216 cm³/mol. The van der Waals surface area contributed by atoms with E-state index in [4.69, 9.17) is 14.7 Å². The van der Waals surface area contributed by atoms with E-state index in [1.54, 1.807) is 31.7 Å². The first-order valence-corrected chi connectivity index (χ1v) is 18.4. The number of nitrogens with zero attached hydrogens (tertiary/aromatic N) is 6. The number of hydrogen-bond acceptors (Lipinski definition) is 9. The molecule has 0 amide bonds. The summed E-state index contributed by atoms with van der Waals surface area (Å²) in [6, 6.07) is 1.75. The highest BCUT2D eigenvalue weighted by Gasteiger charge is 2.26. The van der Waals surface area contributed by atoms with E-state index in [1.165, 1.54) is 11.1 Å². The van der Waals surface area contributed by atoms with E-state index >= 15 is 0 Å². The minimum Gasteiger partial charge on any atom is -0.495 e. The fourth-order valence-corrected chi connectivity index (χ4v) is 6.24. The van der Waals surface area contributed by atoms with E-state index in [0.717, 1.165) is 73.3 Å². The third-order valence-electron chi connectivity index (χ3n) is 9.54. The Hall–Kier alpha value is -4.67. The number of aromatic nitrogens is 2. The third-order valence-corrected chi connectivity index (χ3v) is 9.54. The van der Waals surface area contributed by atoms with Crippen LogP contribution in [0.1, 0.15) is 78.8 Å². The highest BCUT2D eigenvalue weighted by atomic mass is 16.6. The predicted octanol–water partition coefficient (Wildman–Crippen LogP) is 9.08. The van der Waals surface area contributed by atoms with Gasteiger partial charge in [0.1, 0.15) is 5.76 Å². The Morgan fingerprint density at radius 3 is 2.67 bits per heavy atom. The number of aliphatic imine (C=N–C) groups is 1. The number of anilines is 1. The van der Waals surface area contributed by atoms with Crippen molar-refractivity contribution >= 4 is 17.2 Å². The van der Waals surface area contributed by atoms with Gasteiger partial charge in [-0.3, -0.25) is 20.0 Å². The zero-order chi connectivity index (χ0) is 38.2. The fraction of sp³-hybridized carbons (Fsp3) is 0.452. The summed E-state index contributed by atoms with van der Waals surface area (Å²) in [6.07, 6.45) is 24.4. The van der Waals surface area contributed by atoms with Gasteiger partial charge in [-0.25, -0.2) is 9.97 Å². The summed E-state index contributed by atoms with van der Waals surface area (Å²) in [7, 11) is 7.57. The van der Waals surface area contributed by atoms with Crippen molar-refractivity contribution in [2.75, 3.05) is 46.7 Å². The van der Waals surface area contributed by atoms with Crippen molar-refractivity contribution in [1.82, 2.24) is 19.8 Å². The molecule has 2 aliphatic rings. The van der Waals surface area contributed by atoms with Crippen LogP contribution in [0.15, 0.2) is 118 Å². The zero-order valence-corrected chi connectivity index (χ0v) is 32.8. The lowest BCUT2D eigenvalue weighted by molar-refractivity contribution is -0.428. The number of hydrogen-bond donors (Lipinski definition) is 1. The van der Waals surface area contributed by atoms with Crippen molar-refractivity contribution in [3.63, 3.8) is 0 Å². The lowest BCUT2D eigenvalue weighted by atomic mass is 9.82. The maximum absolute atomic E-state index is 12.4. The number of nitrogens with one attached hydrogen (secondary N) is 1. The molecule has 1 N–H and O–H groups in total. The molecular weight excluding hydrogens is 651 g/mol. The minimum absolute atomic E-state index is 0.0640. The summed E-state index contributed by atoms with van der Waals surface area (Å²) in [4.78, 5) is 30.8. The van der Waals surface area contributed by atoms with Gasteiger partial charge in [0.05, 0.1) is 29.8 Å². The number of rotatable bonds is 18. The van der Waals surface area contributed by atoms with Gasteiger partial charge in [0.2, 0.25) is 11.6 Å². The van der Waals surface area contributed by atoms with Crippen molar-refractivity contribution in [1.29, 1.82) is 0 Å². The van der Waals surface area contributed by atoms with Gasteiger partial charge >= 0.3 is 0 Å². The average Bonchev–Trinajstić information content (AvgIpc) is 3.29. The number of ether oxygens (including phenoxy) is 1. The Balaban J connectivity index is 2.26. The molecule has 1 aromatic rings. The van der Waals surface area contributed by atoms with Crippen molar-refractivity contribution in [2.24, 2.45) is 10.9 Å². The lowest BCUT2D eigenvalue weighted by Crippen LogP contribution is -2.36. The molecule has 1 aromatic heterocycles. The highest BCUT2D eigenvalue weighted by molar-refractivity contribution is 6.08. The molecule has 0 aromatic carbocycles. The first kappa shape index (κ1) is 41.7. The van der Waals surface area contributed by atoms with Crippen LogP contribution in [0.4, 0.5) is 5.95 Å². The largest absolute Gasteiger partial charge is 0.495 e. The number of likely N-dealkylation sites (N-methyl/N-ethyl adjacent to an activating group) is 2. The fourth-order valence-electron chi connectivity index (χ4n) is 6.24. The number of allylic oxidation sites excluding steroid dienone is 12. The van der Waals surface area contributed by atoms with Crippen LogP contribution in [-0.4, -0.2) is 77.8 Å². The second-order valence-electron chi connectivity index (χ2n) is 13.6. The minimum atomic E-state index is -0.322. The average molecular weight is 710 g/mol. The van der Waals surface area contributed by atoms with Gasteiger partial charge in [-0.15, -0.1) is 0 Å². The zero-order valence-electron chi connectivity index (χ0n) is 32.8. The Morgan fingerprint density at radius 1 is 1.25 bits per heavy atom. The Labute approximate surface area is 311 Å². The molecule has 10 heteroatoms. The van der Waals surface area contributed by atoms with E-state index in [2.05, 4.69) is 72.6 Å². The van der Waals surface area contributed by atoms with Crippen LogP contribution in [0, 0.1) is 16.0 Å². The van der Waals surface area contributed by atoms with Crippen LogP contribution < -0.4 is 5.32 Å². The molecule has 2 unspecified atom stereocenters. The maximum atomic E-state index is 12.4. The second kappa shape index (κ2) is 21.0. The van der Waals surface area contributed by atoms with Crippen LogP contribution in [-0.2, 0) is 4.74 Å². The van der Waals surface area contributed by atoms with Crippen LogP contribution in [0.2, 0.25) is 0 Å². The number of unbranched alkanes of at least 4 members (excludes halogenated alkanes) is 1. The number of nitro groups is 1. The summed E-state index contributed by atoms with van der Waals surface area (Å²) >= 11 is 0. The van der Waals surface area contributed by atoms with Crippen LogP contribution in [0.25, 0.3) is 5.57 Å². The molecule has 280 valence electrons. The van der Waals surface area contributed by atoms with Crippen molar-refractivity contribution in [3.05, 3.63) is 129 Å². The molecule has 3 rings (SSSR count). The van der Waals surface area contributed by atoms with Crippen molar-refractivity contribution in [3.8, 4) is 0 Å². The summed E-state index contributed by atoms with van der Waals surface area (Å²) in [5.74, 6) is 0.910. The third kappa shape index (κ3) is 11.7. The van der Waals surface area contributed by atoms with Gasteiger partial charge in [0.15, 0.2) is 0 Å². The molecule has 2 atom stereocenters. The number of methoxy groups -OCH3 is 1. The van der Waals surface area contributed by atoms with Crippen molar-refractivity contribution < 1.29 is 9.66 Å². The monoisotopic (exact) mass is 709 g/mol. The standard InChI is InChI=1S/C42H59N7O3/c1-11-14-18-33-19-16-17-20-36(31(33)5)41(40(30(4)13-3)32(6)43-24-15-12-2)37-23-25-44-42(45-37)46-38-29-35(49(50)51)28-34(21-22-39(38)52-10)48(9)27-26-47(7)8/h12,15,17,19-25,29-30,34H,2,11,13-14,16,18,26-28H2,1,3-10H3,(H,44,45,46)/b22-21?,24-15-,35-29+,39-38-,41-40-,43-32+. The molecule has 0 saturated carbocycles. The van der Waals surface area contributed by atoms with E-state index < -0.39 is 0 Å². The highest BCUT2D eigenvalue weighted by Crippen LogP contribution is 2.38. The Kier molecular flexibility index (Phi) is 16.9. The molecule has 2 aliphatic carbocycles. The normalized spacial score (nSPS) is 20.6. The second-order valence-corrected chi connectivity index (χ2v) is 13.6. The first-order chi connectivity index (χ1) is 24.9. The molecule has 0 aliphatic heterocycles. The lowest BCUT2D eigenvalue weighted by Gasteiger charge is -2.27. The van der Waals surface area contributed by atoms with Gasteiger partial charge in [-0.1, -0.05) is 64.2 Å². The van der Waals surface area contributed by atoms with E-state index in [-0.39, 0.29) is 29.0 Å². The summed E-state index contributed by atoms with van der Waals surface area (Å²) in [5.41, 5.74) is 7.86. The Bertz CT molecular complexity index is 1700. The molecule has 52 heavy (non-hydrogen) atoms. The summed E-state index contributed by atoms with van der Waals surface area (Å²) in [6.45, 7) is 16.3. The Morgan fingerprint density at radius 2 is 2.02 bits per heavy atom. The maximum Gasteiger partial charge on any atom is 0.250 e. The van der Waals surface area contributed by atoms with Gasteiger partial charge in [-0.2, -0.15) is 0 Å². The van der Waals surface area contributed by atoms with Crippen LogP contribution in [0.3, 0.4) is 0 Å². The van der Waals surface area contributed by atoms with Gasteiger partial charge in [0.25, 0.3) is 0 Å². The molecule has 10 nitrogen and oxygen atoms in total. The van der Waals surface area contributed by atoms with Gasteiger partial charge in [-0.05, 0) is 107 Å².